The number of halogens is 2. The number of aliphatic hydroxyl groups is 2. The van der Waals surface area contributed by atoms with E-state index in [2.05, 4.69) is 25.5 Å². The summed E-state index contributed by atoms with van der Waals surface area (Å²) < 4.78 is 34.7. The van der Waals surface area contributed by atoms with Crippen molar-refractivity contribution < 1.29 is 23.5 Å². The van der Waals surface area contributed by atoms with Gasteiger partial charge in [0.15, 0.2) is 17.5 Å². The van der Waals surface area contributed by atoms with Crippen LogP contribution in [0.15, 0.2) is 53.4 Å². The van der Waals surface area contributed by atoms with E-state index in [1.807, 2.05) is 0 Å². The molecular weight excluding hydrogens is 410 g/mol. The fraction of sp³-hybridized carbons (Fsp3) is 0.200. The highest BCUT2D eigenvalue weighted by Gasteiger charge is 2.18. The molecule has 1 unspecified atom stereocenters. The predicted molar refractivity (Wildman–Crippen MR) is 106 cm³/mol. The average Bonchev–Trinajstić information content (AvgIpc) is 3.44. The minimum atomic E-state index is -1.07. The van der Waals surface area contributed by atoms with Crippen LogP contribution >= 0.6 is 0 Å². The molecule has 0 saturated heterocycles. The van der Waals surface area contributed by atoms with Crippen LogP contribution in [0.1, 0.15) is 5.56 Å². The number of nitrogens with one attached hydrogen (secondary N) is 1. The molecule has 1 atom stereocenters. The van der Waals surface area contributed by atoms with E-state index < -0.39 is 18.5 Å². The molecule has 0 aliphatic carbocycles. The van der Waals surface area contributed by atoms with E-state index in [9.17, 15) is 13.9 Å². The Morgan fingerprint density at radius 3 is 2.71 bits per heavy atom. The molecule has 11 heteroatoms. The maximum atomic E-state index is 14.2. The number of hydrogen-bond acceptors (Lipinski definition) is 8. The number of benzene rings is 1. The Hall–Kier alpha value is -3.70. The summed E-state index contributed by atoms with van der Waals surface area (Å²) in [5.41, 5.74) is 1.73. The van der Waals surface area contributed by atoms with Crippen LogP contribution < -0.4 is 5.32 Å². The van der Waals surface area contributed by atoms with Gasteiger partial charge in [-0.05, 0) is 12.1 Å². The van der Waals surface area contributed by atoms with Crippen LogP contribution in [0.5, 0.6) is 0 Å². The highest BCUT2D eigenvalue weighted by molar-refractivity contribution is 5.63. The van der Waals surface area contributed by atoms with E-state index in [0.29, 0.717) is 22.6 Å². The molecule has 0 aliphatic rings. The number of nitrogens with zero attached hydrogens (tertiary/aromatic N) is 5. The van der Waals surface area contributed by atoms with Crippen LogP contribution in [-0.2, 0) is 6.54 Å². The van der Waals surface area contributed by atoms with Gasteiger partial charge in [-0.1, -0.05) is 23.4 Å². The SMILES string of the molecule is OCC(O)CNc1nc(-c2cc(-c3ccon3)n(Cc3ccccc3F)n2)ncc1F. The van der Waals surface area contributed by atoms with E-state index in [1.165, 1.54) is 17.0 Å². The van der Waals surface area contributed by atoms with E-state index in [1.54, 1.807) is 30.3 Å². The number of aromatic nitrogens is 5. The topological polar surface area (TPSA) is 122 Å². The van der Waals surface area contributed by atoms with Crippen molar-refractivity contribution in [2.24, 2.45) is 0 Å². The molecule has 3 N–H and O–H groups in total. The fourth-order valence-corrected chi connectivity index (χ4v) is 2.88. The van der Waals surface area contributed by atoms with E-state index in [-0.39, 0.29) is 30.5 Å². The normalized spacial score (nSPS) is 12.1. The van der Waals surface area contributed by atoms with Gasteiger partial charge in [-0.15, -0.1) is 0 Å². The van der Waals surface area contributed by atoms with Crippen molar-refractivity contribution in [1.29, 1.82) is 0 Å². The third kappa shape index (κ3) is 4.57. The van der Waals surface area contributed by atoms with Crippen LogP contribution in [0.2, 0.25) is 0 Å². The summed E-state index contributed by atoms with van der Waals surface area (Å²) in [7, 11) is 0. The van der Waals surface area contributed by atoms with Gasteiger partial charge in [0.25, 0.3) is 0 Å². The molecule has 4 aromatic rings. The van der Waals surface area contributed by atoms with E-state index in [0.717, 1.165) is 6.20 Å². The smallest absolute Gasteiger partial charge is 0.183 e. The van der Waals surface area contributed by atoms with Gasteiger partial charge in [0.2, 0.25) is 0 Å². The molecule has 0 saturated carbocycles. The summed E-state index contributed by atoms with van der Waals surface area (Å²) in [6, 6.07) is 9.59. The Labute approximate surface area is 175 Å². The van der Waals surface area contributed by atoms with Crippen molar-refractivity contribution >= 4 is 5.82 Å². The number of rotatable bonds is 8. The summed E-state index contributed by atoms with van der Waals surface area (Å²) in [6.45, 7) is -0.465. The van der Waals surface area contributed by atoms with Gasteiger partial charge < -0.3 is 20.1 Å². The lowest BCUT2D eigenvalue weighted by atomic mass is 10.2. The van der Waals surface area contributed by atoms with E-state index in [4.69, 9.17) is 9.63 Å². The Morgan fingerprint density at radius 2 is 1.97 bits per heavy atom. The Bertz CT molecular complexity index is 1170. The molecule has 0 amide bonds. The predicted octanol–water partition coefficient (Wildman–Crippen LogP) is 2.09. The quantitative estimate of drug-likeness (QED) is 0.390. The van der Waals surface area contributed by atoms with Gasteiger partial charge in [0.1, 0.15) is 23.5 Å². The van der Waals surface area contributed by atoms with Crippen LogP contribution in [0, 0.1) is 11.6 Å². The molecule has 0 bridgehead atoms. The summed E-state index contributed by atoms with van der Waals surface area (Å²) >= 11 is 0. The molecule has 3 heterocycles. The average molecular weight is 428 g/mol. The highest BCUT2D eigenvalue weighted by Crippen LogP contribution is 2.25. The second kappa shape index (κ2) is 8.98. The molecule has 0 spiro atoms. The molecule has 160 valence electrons. The maximum Gasteiger partial charge on any atom is 0.183 e. The first-order chi connectivity index (χ1) is 15.0. The third-order valence-corrected chi connectivity index (χ3v) is 4.45. The van der Waals surface area contributed by atoms with Crippen molar-refractivity contribution in [1.82, 2.24) is 24.9 Å². The zero-order chi connectivity index (χ0) is 21.8. The lowest BCUT2D eigenvalue weighted by molar-refractivity contribution is 0.105. The molecule has 0 aliphatic heterocycles. The first-order valence-corrected chi connectivity index (χ1v) is 9.33. The minimum Gasteiger partial charge on any atom is -0.394 e. The summed E-state index contributed by atoms with van der Waals surface area (Å²) in [6.07, 6.45) is 1.30. The Morgan fingerprint density at radius 1 is 1.13 bits per heavy atom. The summed E-state index contributed by atoms with van der Waals surface area (Å²) in [4.78, 5) is 8.11. The van der Waals surface area contributed by atoms with Gasteiger partial charge in [-0.25, -0.2) is 18.7 Å². The van der Waals surface area contributed by atoms with Crippen LogP contribution in [-0.4, -0.2) is 54.4 Å². The third-order valence-electron chi connectivity index (χ3n) is 4.45. The van der Waals surface area contributed by atoms with Gasteiger partial charge >= 0.3 is 0 Å². The lowest BCUT2D eigenvalue weighted by Crippen LogP contribution is -2.24. The van der Waals surface area contributed by atoms with Gasteiger partial charge in [0, 0.05) is 18.2 Å². The molecule has 4 rings (SSSR count). The summed E-state index contributed by atoms with van der Waals surface area (Å²) in [5.74, 6) is -1.14. The highest BCUT2D eigenvalue weighted by atomic mass is 19.1. The van der Waals surface area contributed by atoms with Crippen molar-refractivity contribution in [2.75, 3.05) is 18.5 Å². The largest absolute Gasteiger partial charge is 0.394 e. The standard InChI is InChI=1S/C20H18F2N6O3/c21-14-4-2-1-3-12(14)10-28-18(16-5-6-31-27-16)7-17(26-28)20-24-9-15(22)19(25-20)23-8-13(30)11-29/h1-7,9,13,29-30H,8,10-11H2,(H,23,24,25). The molecule has 3 aromatic heterocycles. The lowest BCUT2D eigenvalue weighted by Gasteiger charge is -2.10. The number of anilines is 1. The first-order valence-electron chi connectivity index (χ1n) is 9.33. The second-order valence-corrected chi connectivity index (χ2v) is 6.66. The Balaban J connectivity index is 1.70. The van der Waals surface area contributed by atoms with Crippen molar-refractivity contribution in [3.63, 3.8) is 0 Å². The van der Waals surface area contributed by atoms with Gasteiger partial charge in [0.05, 0.1) is 31.1 Å². The molecule has 0 fully saturated rings. The number of hydrogen-bond donors (Lipinski definition) is 3. The maximum absolute atomic E-state index is 14.2. The molecule has 0 radical (unpaired) electrons. The van der Waals surface area contributed by atoms with Crippen molar-refractivity contribution in [3.05, 3.63) is 66.1 Å². The molecule has 9 nitrogen and oxygen atoms in total. The van der Waals surface area contributed by atoms with Gasteiger partial charge in [-0.2, -0.15) is 5.10 Å². The van der Waals surface area contributed by atoms with Crippen molar-refractivity contribution in [2.45, 2.75) is 12.6 Å². The van der Waals surface area contributed by atoms with Crippen LogP contribution in [0.3, 0.4) is 0 Å². The van der Waals surface area contributed by atoms with Crippen LogP contribution in [0.25, 0.3) is 22.9 Å². The molecular formula is C20H18F2N6O3. The number of aliphatic hydroxyl groups excluding tert-OH is 2. The monoisotopic (exact) mass is 428 g/mol. The first kappa shape index (κ1) is 20.6. The van der Waals surface area contributed by atoms with Crippen molar-refractivity contribution in [3.8, 4) is 22.9 Å². The van der Waals surface area contributed by atoms with Crippen LogP contribution in [0.4, 0.5) is 14.6 Å². The molecule has 31 heavy (non-hydrogen) atoms. The molecule has 1 aromatic carbocycles. The zero-order valence-corrected chi connectivity index (χ0v) is 16.1. The van der Waals surface area contributed by atoms with E-state index >= 15 is 0 Å². The Kier molecular flexibility index (Phi) is 5.96. The van der Waals surface area contributed by atoms with Gasteiger partial charge in [-0.3, -0.25) is 4.68 Å². The fourth-order valence-electron chi connectivity index (χ4n) is 2.88. The zero-order valence-electron chi connectivity index (χ0n) is 16.1. The summed E-state index contributed by atoms with van der Waals surface area (Å²) in [5, 5.41) is 29.4. The second-order valence-electron chi connectivity index (χ2n) is 6.66. The minimum absolute atomic E-state index is 0.101.